The van der Waals surface area contributed by atoms with Crippen LogP contribution in [0.3, 0.4) is 0 Å². The number of hydrogen-bond acceptors (Lipinski definition) is 3. The Morgan fingerprint density at radius 2 is 2.24 bits per heavy atom. The third-order valence-corrected chi connectivity index (χ3v) is 2.42. The maximum Gasteiger partial charge on any atom is 0.319 e. The minimum atomic E-state index is -0.310. The number of hydrogen-bond donors (Lipinski definition) is 3. The van der Waals surface area contributed by atoms with E-state index in [1.165, 1.54) is 0 Å². The van der Waals surface area contributed by atoms with Gasteiger partial charge in [-0.1, -0.05) is 6.07 Å². The average Bonchev–Trinajstić information content (AvgIpc) is 2.35. The molecule has 0 atom stereocenters. The largest absolute Gasteiger partial charge is 0.395 e. The molecule has 17 heavy (non-hydrogen) atoms. The van der Waals surface area contributed by atoms with Crippen LogP contribution in [-0.4, -0.2) is 37.9 Å². The number of nitrogens with zero attached hydrogens (tertiary/aromatic N) is 1. The van der Waals surface area contributed by atoms with Crippen LogP contribution in [0.5, 0.6) is 0 Å². The van der Waals surface area contributed by atoms with Gasteiger partial charge in [0.25, 0.3) is 0 Å². The maximum atomic E-state index is 11.4. The second-order valence-electron chi connectivity index (χ2n) is 3.67. The highest BCUT2D eigenvalue weighted by molar-refractivity contribution is 5.89. The number of carbonyl (C=O) groups excluding carboxylic acids is 1. The number of benzene rings is 1. The normalized spacial score (nSPS) is 9.82. The second-order valence-corrected chi connectivity index (χ2v) is 3.67. The molecule has 1 aromatic rings. The van der Waals surface area contributed by atoms with Gasteiger partial charge in [-0.3, -0.25) is 0 Å². The smallest absolute Gasteiger partial charge is 0.319 e. The van der Waals surface area contributed by atoms with Crippen LogP contribution in [0.2, 0.25) is 0 Å². The zero-order valence-electron chi connectivity index (χ0n) is 10.2. The van der Waals surface area contributed by atoms with Gasteiger partial charge in [-0.15, -0.1) is 0 Å². The van der Waals surface area contributed by atoms with Crippen LogP contribution in [-0.2, 0) is 0 Å². The van der Waals surface area contributed by atoms with Gasteiger partial charge in [0, 0.05) is 31.5 Å². The van der Waals surface area contributed by atoms with Crippen molar-refractivity contribution in [2.75, 3.05) is 37.0 Å². The van der Waals surface area contributed by atoms with Gasteiger partial charge < -0.3 is 20.6 Å². The van der Waals surface area contributed by atoms with Crippen LogP contribution in [0.4, 0.5) is 16.2 Å². The molecule has 0 aliphatic rings. The van der Waals surface area contributed by atoms with Crippen molar-refractivity contribution >= 4 is 17.4 Å². The molecule has 0 spiro atoms. The van der Waals surface area contributed by atoms with Crippen LogP contribution >= 0.6 is 0 Å². The number of rotatable bonds is 5. The quantitative estimate of drug-likeness (QED) is 0.722. The Kier molecular flexibility index (Phi) is 5.29. The van der Waals surface area contributed by atoms with Gasteiger partial charge in [0.1, 0.15) is 0 Å². The van der Waals surface area contributed by atoms with Crippen molar-refractivity contribution in [3.8, 4) is 0 Å². The number of aliphatic hydroxyl groups is 1. The Labute approximate surface area is 101 Å². The highest BCUT2D eigenvalue weighted by Crippen LogP contribution is 2.17. The van der Waals surface area contributed by atoms with Gasteiger partial charge >= 0.3 is 6.03 Å². The van der Waals surface area contributed by atoms with Crippen LogP contribution in [0.15, 0.2) is 24.3 Å². The lowest BCUT2D eigenvalue weighted by molar-refractivity contribution is 0.245. The van der Waals surface area contributed by atoms with Gasteiger partial charge in [0.15, 0.2) is 0 Å². The Balaban J connectivity index is 2.62. The molecule has 0 aromatic heterocycles. The standard InChI is InChI=1S/C12H19N3O2/c1-3-15(2)11-6-4-5-10(9-11)14-12(17)13-7-8-16/h4-6,9,16H,3,7-8H2,1-2H3,(H2,13,14,17). The van der Waals surface area contributed by atoms with Crippen LogP contribution in [0, 0.1) is 0 Å². The van der Waals surface area contributed by atoms with Crippen molar-refractivity contribution in [2.45, 2.75) is 6.92 Å². The molecule has 0 bridgehead atoms. The van der Waals surface area contributed by atoms with Crippen molar-refractivity contribution in [3.63, 3.8) is 0 Å². The number of aliphatic hydroxyl groups excluding tert-OH is 1. The molecule has 0 fully saturated rings. The summed E-state index contributed by atoms with van der Waals surface area (Å²) >= 11 is 0. The van der Waals surface area contributed by atoms with E-state index in [0.717, 1.165) is 17.9 Å². The molecular formula is C12H19N3O2. The molecule has 94 valence electrons. The summed E-state index contributed by atoms with van der Waals surface area (Å²) in [5.74, 6) is 0. The highest BCUT2D eigenvalue weighted by atomic mass is 16.3. The first-order valence-corrected chi connectivity index (χ1v) is 5.64. The third kappa shape index (κ3) is 4.32. The first kappa shape index (κ1) is 13.3. The van der Waals surface area contributed by atoms with Crippen molar-refractivity contribution in [1.29, 1.82) is 0 Å². The first-order valence-electron chi connectivity index (χ1n) is 5.64. The van der Waals surface area contributed by atoms with E-state index in [-0.39, 0.29) is 19.2 Å². The molecule has 5 heteroatoms. The van der Waals surface area contributed by atoms with Crippen LogP contribution in [0.25, 0.3) is 0 Å². The van der Waals surface area contributed by atoms with Crippen LogP contribution in [0.1, 0.15) is 6.92 Å². The predicted molar refractivity (Wildman–Crippen MR) is 69.5 cm³/mol. The summed E-state index contributed by atoms with van der Waals surface area (Å²) in [5.41, 5.74) is 1.78. The molecule has 0 radical (unpaired) electrons. The van der Waals surface area contributed by atoms with E-state index in [2.05, 4.69) is 22.5 Å². The van der Waals surface area contributed by atoms with Gasteiger partial charge in [-0.25, -0.2) is 4.79 Å². The molecule has 1 rings (SSSR count). The molecular weight excluding hydrogens is 218 g/mol. The van der Waals surface area contributed by atoms with E-state index in [1.54, 1.807) is 0 Å². The van der Waals surface area contributed by atoms with Gasteiger partial charge in [-0.2, -0.15) is 0 Å². The molecule has 0 heterocycles. The molecule has 1 aromatic carbocycles. The summed E-state index contributed by atoms with van der Waals surface area (Å²) in [6.45, 7) is 3.15. The summed E-state index contributed by atoms with van der Waals surface area (Å²) in [7, 11) is 1.99. The Hall–Kier alpha value is -1.75. The summed E-state index contributed by atoms with van der Waals surface area (Å²) in [6.07, 6.45) is 0. The molecule has 3 N–H and O–H groups in total. The molecule has 2 amide bonds. The lowest BCUT2D eigenvalue weighted by Crippen LogP contribution is -2.31. The SMILES string of the molecule is CCN(C)c1cccc(NC(=O)NCCO)c1. The summed E-state index contributed by atoms with van der Waals surface area (Å²) < 4.78 is 0. The number of nitrogens with one attached hydrogen (secondary N) is 2. The Bertz CT molecular complexity index is 369. The topological polar surface area (TPSA) is 64.6 Å². The van der Waals surface area contributed by atoms with E-state index in [4.69, 9.17) is 5.11 Å². The van der Waals surface area contributed by atoms with Gasteiger partial charge in [-0.05, 0) is 25.1 Å². The molecule has 0 aliphatic heterocycles. The van der Waals surface area contributed by atoms with Gasteiger partial charge in [0.05, 0.1) is 6.61 Å². The number of amides is 2. The fourth-order valence-electron chi connectivity index (χ4n) is 1.35. The van der Waals surface area contributed by atoms with Gasteiger partial charge in [0.2, 0.25) is 0 Å². The first-order chi connectivity index (χ1) is 8.17. The third-order valence-electron chi connectivity index (χ3n) is 2.42. The highest BCUT2D eigenvalue weighted by Gasteiger charge is 2.03. The van der Waals surface area contributed by atoms with E-state index in [9.17, 15) is 4.79 Å². The Morgan fingerprint density at radius 1 is 1.47 bits per heavy atom. The van der Waals surface area contributed by atoms with E-state index < -0.39 is 0 Å². The van der Waals surface area contributed by atoms with Crippen molar-refractivity contribution < 1.29 is 9.90 Å². The molecule has 0 saturated heterocycles. The average molecular weight is 237 g/mol. The fraction of sp³-hybridized carbons (Fsp3) is 0.417. The zero-order valence-corrected chi connectivity index (χ0v) is 10.2. The minimum Gasteiger partial charge on any atom is -0.395 e. The zero-order chi connectivity index (χ0) is 12.7. The minimum absolute atomic E-state index is 0.0635. The summed E-state index contributed by atoms with van der Waals surface area (Å²) in [5, 5.41) is 13.8. The predicted octanol–water partition coefficient (Wildman–Crippen LogP) is 1.26. The number of carbonyl (C=O) groups is 1. The number of urea groups is 1. The molecule has 0 unspecified atom stereocenters. The lowest BCUT2D eigenvalue weighted by atomic mass is 10.2. The molecule has 0 saturated carbocycles. The number of anilines is 2. The lowest BCUT2D eigenvalue weighted by Gasteiger charge is -2.17. The molecule has 5 nitrogen and oxygen atoms in total. The Morgan fingerprint density at radius 3 is 2.88 bits per heavy atom. The fourth-order valence-corrected chi connectivity index (χ4v) is 1.35. The summed E-state index contributed by atoms with van der Waals surface area (Å²) in [4.78, 5) is 13.5. The van der Waals surface area contributed by atoms with E-state index in [0.29, 0.717) is 0 Å². The molecule has 0 aliphatic carbocycles. The maximum absolute atomic E-state index is 11.4. The monoisotopic (exact) mass is 237 g/mol. The second kappa shape index (κ2) is 6.75. The van der Waals surface area contributed by atoms with Crippen molar-refractivity contribution in [3.05, 3.63) is 24.3 Å². The summed E-state index contributed by atoms with van der Waals surface area (Å²) in [6, 6.07) is 7.30. The van der Waals surface area contributed by atoms with Crippen molar-refractivity contribution in [2.24, 2.45) is 0 Å². The van der Waals surface area contributed by atoms with E-state index >= 15 is 0 Å². The van der Waals surface area contributed by atoms with E-state index in [1.807, 2.05) is 31.3 Å². The van der Waals surface area contributed by atoms with Crippen molar-refractivity contribution in [1.82, 2.24) is 5.32 Å². The van der Waals surface area contributed by atoms with Crippen LogP contribution < -0.4 is 15.5 Å².